The van der Waals surface area contributed by atoms with Gasteiger partial charge in [0.05, 0.1) is 6.04 Å². The summed E-state index contributed by atoms with van der Waals surface area (Å²) in [6.45, 7) is 2.40. The van der Waals surface area contributed by atoms with Crippen LogP contribution in [0.4, 0.5) is 4.39 Å². The van der Waals surface area contributed by atoms with Gasteiger partial charge in [-0.2, -0.15) is 0 Å². The Kier molecular flexibility index (Phi) is 11.7. The molecular weight excluding hydrogens is 507 g/mol. The topological polar surface area (TPSA) is 114 Å². The molecule has 202 valence electrons. The minimum Gasteiger partial charge on any atom is -0.388 e. The molecule has 9 atom stereocenters. The second kappa shape index (κ2) is 14.2. The molecule has 1 fully saturated rings. The molecule has 3 rings (SSSR count). The van der Waals surface area contributed by atoms with Gasteiger partial charge in [0.25, 0.3) is 0 Å². The van der Waals surface area contributed by atoms with Crippen molar-refractivity contribution in [1.82, 2.24) is 10.6 Å². The Balaban J connectivity index is 1.56. The summed E-state index contributed by atoms with van der Waals surface area (Å²) in [5.74, 6) is -0.222. The molecule has 36 heavy (non-hydrogen) atoms. The maximum absolute atomic E-state index is 13.3. The highest BCUT2D eigenvalue weighted by Gasteiger charge is 2.47. The molecule has 0 aromatic heterocycles. The van der Waals surface area contributed by atoms with Gasteiger partial charge in [-0.05, 0) is 63.1 Å². The standard InChI is InChI=1S/C26H38ClFN2O5S/c1-15(27)20(24-22(32)21(31)23(33)26(35-24)36-2)30-25(34)19-11-10-16(12-13-29-19)6-3-4-7-17-8-5-9-18(28)14-17/h3,5-6,8-10,14-15,19-26,29-34H,4,7,11-13H2,1-2H3/b6-3+/t15-,19?,20+,21?,22-,23+,24+,25?,26?/m0/s1. The lowest BCUT2D eigenvalue weighted by Gasteiger charge is -2.44. The summed E-state index contributed by atoms with van der Waals surface area (Å²) in [4.78, 5) is 0. The van der Waals surface area contributed by atoms with E-state index in [2.05, 4.69) is 28.9 Å². The first kappa shape index (κ1) is 29.5. The summed E-state index contributed by atoms with van der Waals surface area (Å²) < 4.78 is 19.2. The molecule has 0 saturated carbocycles. The Morgan fingerprint density at radius 2 is 2.06 bits per heavy atom. The average Bonchev–Trinajstić information content (AvgIpc) is 3.10. The van der Waals surface area contributed by atoms with Crippen molar-refractivity contribution in [3.8, 4) is 0 Å². The van der Waals surface area contributed by atoms with Gasteiger partial charge in [-0.1, -0.05) is 35.9 Å². The van der Waals surface area contributed by atoms with Crippen LogP contribution in [-0.2, 0) is 11.2 Å². The molecule has 1 aromatic carbocycles. The van der Waals surface area contributed by atoms with Gasteiger partial charge in [-0.25, -0.2) is 4.39 Å². The van der Waals surface area contributed by atoms with Crippen LogP contribution in [0.15, 0.2) is 48.1 Å². The van der Waals surface area contributed by atoms with Crippen molar-refractivity contribution < 1.29 is 29.6 Å². The Morgan fingerprint density at radius 3 is 2.75 bits per heavy atom. The van der Waals surface area contributed by atoms with E-state index in [0.717, 1.165) is 30.4 Å². The molecule has 0 aliphatic carbocycles. The van der Waals surface area contributed by atoms with Gasteiger partial charge in [0.1, 0.15) is 41.9 Å². The predicted molar refractivity (Wildman–Crippen MR) is 141 cm³/mol. The van der Waals surface area contributed by atoms with E-state index in [0.29, 0.717) is 13.0 Å². The van der Waals surface area contributed by atoms with Crippen LogP contribution in [0.25, 0.3) is 0 Å². The van der Waals surface area contributed by atoms with E-state index >= 15 is 0 Å². The number of allylic oxidation sites excluding steroid dienone is 2. The van der Waals surface area contributed by atoms with Crippen molar-refractivity contribution in [1.29, 1.82) is 0 Å². The van der Waals surface area contributed by atoms with E-state index in [1.165, 1.54) is 17.8 Å². The quantitative estimate of drug-likeness (QED) is 0.196. The van der Waals surface area contributed by atoms with Crippen molar-refractivity contribution >= 4 is 23.4 Å². The fraction of sp³-hybridized carbons (Fsp3) is 0.615. The molecule has 2 aliphatic rings. The number of aliphatic hydroxyl groups is 4. The van der Waals surface area contributed by atoms with Gasteiger partial charge in [0.2, 0.25) is 0 Å². The maximum Gasteiger partial charge on any atom is 0.132 e. The number of rotatable bonds is 10. The zero-order valence-electron chi connectivity index (χ0n) is 20.6. The molecule has 10 heteroatoms. The predicted octanol–water partition coefficient (Wildman–Crippen LogP) is 2.07. The third-order valence-electron chi connectivity index (χ3n) is 6.71. The van der Waals surface area contributed by atoms with Crippen LogP contribution in [0, 0.1) is 5.82 Å². The third-order valence-corrected chi connectivity index (χ3v) is 7.83. The highest BCUT2D eigenvalue weighted by atomic mass is 35.5. The molecule has 6 N–H and O–H groups in total. The van der Waals surface area contributed by atoms with Crippen LogP contribution >= 0.6 is 23.4 Å². The minimum absolute atomic E-state index is 0.222. The number of alkyl halides is 1. The summed E-state index contributed by atoms with van der Waals surface area (Å²) in [6.07, 6.45) is 5.06. The highest BCUT2D eigenvalue weighted by molar-refractivity contribution is 7.99. The summed E-state index contributed by atoms with van der Waals surface area (Å²) in [7, 11) is 0. The van der Waals surface area contributed by atoms with E-state index in [9.17, 15) is 24.8 Å². The van der Waals surface area contributed by atoms with Gasteiger partial charge in [0, 0.05) is 11.4 Å². The third kappa shape index (κ3) is 7.99. The first-order valence-electron chi connectivity index (χ1n) is 12.3. The zero-order valence-corrected chi connectivity index (χ0v) is 22.2. The van der Waals surface area contributed by atoms with Crippen LogP contribution in [0.5, 0.6) is 0 Å². The van der Waals surface area contributed by atoms with E-state index in [-0.39, 0.29) is 11.9 Å². The average molecular weight is 545 g/mol. The number of aliphatic hydroxyl groups excluding tert-OH is 4. The Hall–Kier alpha value is -1.01. The molecule has 1 aromatic rings. The molecule has 7 nitrogen and oxygen atoms in total. The van der Waals surface area contributed by atoms with Crippen molar-refractivity contribution in [2.45, 2.75) is 86.1 Å². The van der Waals surface area contributed by atoms with Gasteiger partial charge in [-0.3, -0.25) is 5.32 Å². The van der Waals surface area contributed by atoms with E-state index < -0.39 is 47.5 Å². The Labute approximate surface area is 221 Å². The van der Waals surface area contributed by atoms with E-state index in [1.807, 2.05) is 6.07 Å². The van der Waals surface area contributed by atoms with Crippen LogP contribution < -0.4 is 10.6 Å². The normalized spacial score (nSPS) is 32.1. The molecule has 0 radical (unpaired) electrons. The number of nitrogens with one attached hydrogen (secondary N) is 2. The second-order valence-corrected chi connectivity index (χ2v) is 11.0. The number of ether oxygens (including phenoxy) is 1. The monoisotopic (exact) mass is 544 g/mol. The van der Waals surface area contributed by atoms with Gasteiger partial charge >= 0.3 is 0 Å². The van der Waals surface area contributed by atoms with E-state index in [4.69, 9.17) is 16.3 Å². The molecule has 4 unspecified atom stereocenters. The fourth-order valence-electron chi connectivity index (χ4n) is 4.60. The zero-order chi connectivity index (χ0) is 26.2. The molecule has 0 spiro atoms. The number of hydrogen-bond acceptors (Lipinski definition) is 8. The Bertz CT molecular complexity index is 890. The summed E-state index contributed by atoms with van der Waals surface area (Å²) >= 11 is 7.63. The number of hydrogen-bond donors (Lipinski definition) is 6. The lowest BCUT2D eigenvalue weighted by molar-refractivity contribution is -0.207. The molecule has 2 heterocycles. The first-order chi connectivity index (χ1) is 17.2. The summed E-state index contributed by atoms with van der Waals surface area (Å²) in [5, 5.41) is 47.8. The molecule has 1 saturated heterocycles. The van der Waals surface area contributed by atoms with Gasteiger partial charge in [-0.15, -0.1) is 23.4 Å². The van der Waals surface area contributed by atoms with E-state index in [1.54, 1.807) is 25.3 Å². The number of thioether (sulfide) groups is 1. The molecule has 0 bridgehead atoms. The minimum atomic E-state index is -1.38. The Morgan fingerprint density at radius 1 is 1.28 bits per heavy atom. The van der Waals surface area contributed by atoms with Gasteiger partial charge in [0.15, 0.2) is 0 Å². The van der Waals surface area contributed by atoms with Crippen molar-refractivity contribution in [3.05, 3.63) is 59.4 Å². The number of halogens is 2. The second-order valence-electron chi connectivity index (χ2n) is 9.39. The van der Waals surface area contributed by atoms with Crippen molar-refractivity contribution in [3.63, 3.8) is 0 Å². The maximum atomic E-state index is 13.3. The SMILES string of the molecule is CSC1O[C@H]([C@H](NC(O)C2CC=C(/C=C/CCc3cccc(F)c3)CCN2)[C@H](C)Cl)[C@@H](O)C(O)[C@H]1O. The largest absolute Gasteiger partial charge is 0.388 e. The van der Waals surface area contributed by atoms with Crippen LogP contribution in [-0.4, -0.2) is 86.8 Å². The first-order valence-corrected chi connectivity index (χ1v) is 14.1. The lowest BCUT2D eigenvalue weighted by Crippen LogP contribution is -2.66. The smallest absolute Gasteiger partial charge is 0.132 e. The van der Waals surface area contributed by atoms with Crippen LogP contribution in [0.3, 0.4) is 0 Å². The van der Waals surface area contributed by atoms with Crippen LogP contribution in [0.2, 0.25) is 0 Å². The van der Waals surface area contributed by atoms with Crippen molar-refractivity contribution in [2.75, 3.05) is 12.8 Å². The fourth-order valence-corrected chi connectivity index (χ4v) is 5.50. The summed E-state index contributed by atoms with van der Waals surface area (Å²) in [6, 6.07) is 5.66. The van der Waals surface area contributed by atoms with Crippen LogP contribution in [0.1, 0.15) is 31.7 Å². The highest BCUT2D eigenvalue weighted by Crippen LogP contribution is 2.30. The number of benzene rings is 1. The van der Waals surface area contributed by atoms with Crippen molar-refractivity contribution in [2.24, 2.45) is 0 Å². The lowest BCUT2D eigenvalue weighted by atomic mass is 9.92. The molecule has 2 aliphatic heterocycles. The molecule has 0 amide bonds. The summed E-state index contributed by atoms with van der Waals surface area (Å²) in [5.41, 5.74) is 1.40. The number of aryl methyl sites for hydroxylation is 1. The molecular formula is C26H38ClFN2O5S. The van der Waals surface area contributed by atoms with Gasteiger partial charge < -0.3 is 30.5 Å².